The Morgan fingerprint density at radius 3 is 2.86 bits per heavy atom. The molecule has 2 aliphatic heterocycles. The van der Waals surface area contributed by atoms with Gasteiger partial charge in [-0.3, -0.25) is 0 Å². The molecule has 2 nitrogen and oxygen atoms in total. The van der Waals surface area contributed by atoms with Crippen LogP contribution < -0.4 is 4.81 Å². The molecule has 2 heterocycles. The van der Waals surface area contributed by atoms with Crippen LogP contribution in [0.25, 0.3) is 0 Å². The zero-order valence-electron chi connectivity index (χ0n) is 8.26. The van der Waals surface area contributed by atoms with Gasteiger partial charge >= 0.3 is 7.55 Å². The van der Waals surface area contributed by atoms with Crippen molar-refractivity contribution in [3.63, 3.8) is 0 Å². The van der Waals surface area contributed by atoms with E-state index in [0.717, 1.165) is 6.04 Å². The average molecular weight is 185 g/mol. The summed E-state index contributed by atoms with van der Waals surface area (Å²) in [6.07, 6.45) is 2.73. The van der Waals surface area contributed by atoms with Gasteiger partial charge in [0.2, 0.25) is 0 Å². The SMILES string of the molecule is [B]1N(c2ccccc2)C[C@@H]2CCCN12. The van der Waals surface area contributed by atoms with Gasteiger partial charge < -0.3 is 9.62 Å². The Labute approximate surface area is 85.8 Å². The Kier molecular flexibility index (Phi) is 1.98. The monoisotopic (exact) mass is 185 g/mol. The van der Waals surface area contributed by atoms with E-state index in [1.54, 1.807) is 0 Å². The van der Waals surface area contributed by atoms with Crippen molar-refractivity contribution in [1.82, 2.24) is 4.81 Å². The Bertz CT molecular complexity index is 302. The molecule has 1 atom stereocenters. The number of rotatable bonds is 1. The molecular weight excluding hydrogens is 171 g/mol. The molecule has 3 heteroatoms. The molecular formula is C11H14BN2. The normalized spacial score (nSPS) is 26.3. The number of hydrogen-bond acceptors (Lipinski definition) is 2. The zero-order chi connectivity index (χ0) is 9.38. The highest BCUT2D eigenvalue weighted by molar-refractivity contribution is 6.39. The minimum Gasteiger partial charge on any atom is -0.403 e. The first kappa shape index (κ1) is 8.36. The van der Waals surface area contributed by atoms with E-state index in [0.29, 0.717) is 0 Å². The number of fused-ring (bicyclic) bond motifs is 1. The standard InChI is InChI=1S/C11H14BN2/c1-2-5-10(6-3-1)14-9-11-7-4-8-13(11)12-14/h1-3,5-6,11H,4,7-9H2/t11-/m0/s1. The molecule has 3 rings (SSSR count). The van der Waals surface area contributed by atoms with Crippen LogP contribution in [0.5, 0.6) is 0 Å². The molecule has 0 amide bonds. The fourth-order valence-corrected chi connectivity index (χ4v) is 2.45. The van der Waals surface area contributed by atoms with Gasteiger partial charge in [-0.1, -0.05) is 18.2 Å². The van der Waals surface area contributed by atoms with Gasteiger partial charge in [0.15, 0.2) is 0 Å². The van der Waals surface area contributed by atoms with Crippen molar-refractivity contribution >= 4 is 13.2 Å². The summed E-state index contributed by atoms with van der Waals surface area (Å²) >= 11 is 0. The fraction of sp³-hybridized carbons (Fsp3) is 0.455. The molecule has 0 saturated carbocycles. The van der Waals surface area contributed by atoms with Crippen molar-refractivity contribution in [2.75, 3.05) is 17.9 Å². The number of benzene rings is 1. The zero-order valence-corrected chi connectivity index (χ0v) is 8.26. The number of anilines is 1. The summed E-state index contributed by atoms with van der Waals surface area (Å²) in [4.78, 5) is 4.84. The van der Waals surface area contributed by atoms with E-state index >= 15 is 0 Å². The third-order valence-electron chi connectivity index (χ3n) is 3.21. The molecule has 0 N–H and O–H groups in total. The van der Waals surface area contributed by atoms with Crippen LogP contribution in [0.15, 0.2) is 30.3 Å². The maximum absolute atomic E-state index is 2.48. The van der Waals surface area contributed by atoms with Crippen LogP contribution in [-0.2, 0) is 0 Å². The molecule has 0 spiro atoms. The minimum atomic E-state index is 0.773. The fourth-order valence-electron chi connectivity index (χ4n) is 2.45. The Morgan fingerprint density at radius 1 is 1.21 bits per heavy atom. The Hall–Kier alpha value is -0.955. The predicted octanol–water partition coefficient (Wildman–Crippen LogP) is 1.51. The van der Waals surface area contributed by atoms with Gasteiger partial charge in [-0.25, -0.2) is 0 Å². The number of hydrogen-bond donors (Lipinski definition) is 0. The molecule has 0 aromatic heterocycles. The number of nitrogens with zero attached hydrogens (tertiary/aromatic N) is 2. The van der Waals surface area contributed by atoms with Crippen molar-refractivity contribution in [3.8, 4) is 0 Å². The molecule has 71 valence electrons. The molecule has 2 fully saturated rings. The molecule has 1 aromatic rings. The third-order valence-corrected chi connectivity index (χ3v) is 3.21. The van der Waals surface area contributed by atoms with E-state index in [1.165, 1.54) is 31.6 Å². The summed E-state index contributed by atoms with van der Waals surface area (Å²) in [5.74, 6) is 0. The first-order valence-electron chi connectivity index (χ1n) is 5.36. The van der Waals surface area contributed by atoms with Crippen LogP contribution >= 0.6 is 0 Å². The molecule has 2 aliphatic rings. The first-order chi connectivity index (χ1) is 6.93. The summed E-state index contributed by atoms with van der Waals surface area (Å²) in [6, 6.07) is 11.4. The predicted molar refractivity (Wildman–Crippen MR) is 59.3 cm³/mol. The van der Waals surface area contributed by atoms with E-state index in [-0.39, 0.29) is 0 Å². The molecule has 2 saturated heterocycles. The van der Waals surface area contributed by atoms with Crippen LogP contribution in [0.4, 0.5) is 5.69 Å². The average Bonchev–Trinajstić information content (AvgIpc) is 2.78. The molecule has 0 unspecified atom stereocenters. The van der Waals surface area contributed by atoms with E-state index in [9.17, 15) is 0 Å². The van der Waals surface area contributed by atoms with Gasteiger partial charge in [0.1, 0.15) is 0 Å². The third kappa shape index (κ3) is 1.32. The highest BCUT2D eigenvalue weighted by Crippen LogP contribution is 2.26. The molecule has 0 aliphatic carbocycles. The van der Waals surface area contributed by atoms with Gasteiger partial charge in [0.25, 0.3) is 0 Å². The summed E-state index contributed by atoms with van der Waals surface area (Å²) in [5.41, 5.74) is 1.32. The maximum atomic E-state index is 2.48. The smallest absolute Gasteiger partial charge is 0.352 e. The highest BCUT2D eigenvalue weighted by atomic mass is 15.3. The van der Waals surface area contributed by atoms with Crippen molar-refractivity contribution < 1.29 is 0 Å². The van der Waals surface area contributed by atoms with Crippen LogP contribution in [0.2, 0.25) is 0 Å². The highest BCUT2D eigenvalue weighted by Gasteiger charge is 2.35. The van der Waals surface area contributed by atoms with E-state index in [1.807, 2.05) is 0 Å². The topological polar surface area (TPSA) is 6.48 Å². The van der Waals surface area contributed by atoms with Crippen molar-refractivity contribution in [2.45, 2.75) is 18.9 Å². The second-order valence-corrected chi connectivity index (χ2v) is 4.14. The van der Waals surface area contributed by atoms with Crippen molar-refractivity contribution in [2.24, 2.45) is 0 Å². The second kappa shape index (κ2) is 3.32. The lowest BCUT2D eigenvalue weighted by Gasteiger charge is -2.17. The van der Waals surface area contributed by atoms with Crippen molar-refractivity contribution in [1.29, 1.82) is 0 Å². The Morgan fingerprint density at radius 2 is 2.07 bits per heavy atom. The molecule has 0 bridgehead atoms. The largest absolute Gasteiger partial charge is 0.403 e. The molecule has 1 radical (unpaired) electrons. The van der Waals surface area contributed by atoms with Crippen LogP contribution in [0.1, 0.15) is 12.8 Å². The van der Waals surface area contributed by atoms with Gasteiger partial charge in [0.05, 0.1) is 0 Å². The van der Waals surface area contributed by atoms with Gasteiger partial charge in [0, 0.05) is 18.3 Å². The Balaban J connectivity index is 1.77. The quantitative estimate of drug-likeness (QED) is 0.611. The van der Waals surface area contributed by atoms with E-state index in [4.69, 9.17) is 0 Å². The molecule has 1 aromatic carbocycles. The number of para-hydroxylation sites is 1. The lowest BCUT2D eigenvalue weighted by molar-refractivity contribution is 0.458. The van der Waals surface area contributed by atoms with Gasteiger partial charge in [-0.15, -0.1) is 0 Å². The van der Waals surface area contributed by atoms with Crippen LogP contribution in [0, 0.1) is 0 Å². The lowest BCUT2D eigenvalue weighted by Crippen LogP contribution is -2.29. The summed E-state index contributed by atoms with van der Waals surface area (Å²) in [5, 5.41) is 0. The first-order valence-corrected chi connectivity index (χ1v) is 5.36. The second-order valence-electron chi connectivity index (χ2n) is 4.14. The van der Waals surface area contributed by atoms with Crippen LogP contribution in [0.3, 0.4) is 0 Å². The van der Waals surface area contributed by atoms with E-state index in [2.05, 4.69) is 47.5 Å². The molecule has 14 heavy (non-hydrogen) atoms. The van der Waals surface area contributed by atoms with Crippen molar-refractivity contribution in [3.05, 3.63) is 30.3 Å². The maximum Gasteiger partial charge on any atom is 0.352 e. The van der Waals surface area contributed by atoms with Gasteiger partial charge in [-0.05, 0) is 31.5 Å². The minimum absolute atomic E-state index is 0.773. The lowest BCUT2D eigenvalue weighted by atomic mass is 10.1. The van der Waals surface area contributed by atoms with Crippen LogP contribution in [-0.4, -0.2) is 31.5 Å². The summed E-state index contributed by atoms with van der Waals surface area (Å²) in [7, 11) is 2.28. The summed E-state index contributed by atoms with van der Waals surface area (Å²) in [6.45, 7) is 2.41. The van der Waals surface area contributed by atoms with E-state index < -0.39 is 0 Å². The summed E-state index contributed by atoms with van der Waals surface area (Å²) < 4.78 is 0. The van der Waals surface area contributed by atoms with Gasteiger partial charge in [-0.2, -0.15) is 0 Å².